The Kier molecular flexibility index (Phi) is 5.80. The molecule has 2 amide bonds. The Morgan fingerprint density at radius 3 is 2.70 bits per heavy atom. The quantitative estimate of drug-likeness (QED) is 0.667. The lowest BCUT2D eigenvalue weighted by Crippen LogP contribution is -2.30. The molecular weight excluding hydrogens is 344 g/mol. The number of carbonyl (C=O) groups is 1. The Bertz CT molecular complexity index is 872. The molecule has 3 rings (SSSR count). The molecule has 2 aromatic heterocycles. The molecule has 0 unspecified atom stereocenters. The van der Waals surface area contributed by atoms with Gasteiger partial charge >= 0.3 is 6.03 Å². The van der Waals surface area contributed by atoms with Crippen molar-refractivity contribution in [1.29, 1.82) is 0 Å². The van der Waals surface area contributed by atoms with Crippen LogP contribution in [0, 0.1) is 6.92 Å². The molecule has 0 aliphatic rings. The number of benzene rings is 1. The molecule has 2 N–H and O–H groups in total. The van der Waals surface area contributed by atoms with Gasteiger partial charge in [0.2, 0.25) is 0 Å². The van der Waals surface area contributed by atoms with Crippen molar-refractivity contribution < 1.29 is 13.9 Å². The molecule has 3 aromatic rings. The number of furan rings is 1. The van der Waals surface area contributed by atoms with Gasteiger partial charge in [0.1, 0.15) is 11.4 Å². The maximum Gasteiger partial charge on any atom is 0.319 e. The van der Waals surface area contributed by atoms with E-state index < -0.39 is 0 Å². The minimum Gasteiger partial charge on any atom is -0.478 e. The summed E-state index contributed by atoms with van der Waals surface area (Å²) in [4.78, 5) is 12.3. The van der Waals surface area contributed by atoms with Gasteiger partial charge in [-0.05, 0) is 31.0 Å². The van der Waals surface area contributed by atoms with Crippen LogP contribution in [0.3, 0.4) is 0 Å². The van der Waals surface area contributed by atoms with Crippen molar-refractivity contribution in [1.82, 2.24) is 15.1 Å². The smallest absolute Gasteiger partial charge is 0.319 e. The first-order chi connectivity index (χ1) is 13.1. The number of nitrogens with one attached hydrogen (secondary N) is 2. The zero-order valence-electron chi connectivity index (χ0n) is 15.7. The number of aryl methyl sites for hydroxylation is 1. The first-order valence-electron chi connectivity index (χ1n) is 8.81. The van der Waals surface area contributed by atoms with Crippen LogP contribution in [0.4, 0.5) is 10.5 Å². The molecule has 0 aliphatic heterocycles. The van der Waals surface area contributed by atoms with Crippen molar-refractivity contribution >= 4 is 11.7 Å². The highest BCUT2D eigenvalue weighted by Gasteiger charge is 2.18. The van der Waals surface area contributed by atoms with Gasteiger partial charge in [-0.3, -0.25) is 4.68 Å². The van der Waals surface area contributed by atoms with Gasteiger partial charge in [-0.15, -0.1) is 5.10 Å². The van der Waals surface area contributed by atoms with Gasteiger partial charge in [0, 0.05) is 19.5 Å². The highest BCUT2D eigenvalue weighted by Crippen LogP contribution is 2.28. The molecule has 0 spiro atoms. The highest BCUT2D eigenvalue weighted by atomic mass is 16.5. The van der Waals surface area contributed by atoms with Crippen LogP contribution in [0.15, 0.2) is 53.1 Å². The SMILES string of the molecule is COc1nn(C)c(C)c1NC(=O)NCC[C@@H](c1ccccc1)c1ccco1. The van der Waals surface area contributed by atoms with E-state index in [0.717, 1.165) is 17.0 Å². The number of hydrogen-bond donors (Lipinski definition) is 2. The standard InChI is InChI=1S/C20H24N4O3/c1-14-18(19(26-3)23-24(14)2)22-20(25)21-12-11-16(17-10-7-13-27-17)15-8-5-4-6-9-15/h4-10,13,16H,11-12H2,1-3H3,(H2,21,22,25)/t16-/m0/s1. The number of anilines is 1. The fourth-order valence-corrected chi connectivity index (χ4v) is 3.00. The van der Waals surface area contributed by atoms with Crippen molar-refractivity contribution in [3.05, 3.63) is 65.7 Å². The Morgan fingerprint density at radius 1 is 1.26 bits per heavy atom. The van der Waals surface area contributed by atoms with E-state index in [1.165, 1.54) is 7.11 Å². The molecule has 0 fully saturated rings. The zero-order valence-corrected chi connectivity index (χ0v) is 15.7. The fraction of sp³-hybridized carbons (Fsp3) is 0.300. The van der Waals surface area contributed by atoms with Crippen LogP contribution < -0.4 is 15.4 Å². The number of ether oxygens (including phenoxy) is 1. The third-order valence-corrected chi connectivity index (χ3v) is 4.54. The van der Waals surface area contributed by atoms with Gasteiger partial charge in [-0.2, -0.15) is 0 Å². The number of carbonyl (C=O) groups excluding carboxylic acids is 1. The van der Waals surface area contributed by atoms with E-state index in [4.69, 9.17) is 9.15 Å². The second-order valence-corrected chi connectivity index (χ2v) is 6.24. The van der Waals surface area contributed by atoms with Crippen molar-refractivity contribution in [2.24, 2.45) is 7.05 Å². The summed E-state index contributed by atoms with van der Waals surface area (Å²) >= 11 is 0. The van der Waals surface area contributed by atoms with Gasteiger partial charge in [0.05, 0.1) is 19.1 Å². The Hall–Kier alpha value is -3.22. The molecule has 0 aliphatic carbocycles. The highest BCUT2D eigenvalue weighted by molar-refractivity contribution is 5.91. The number of methoxy groups -OCH3 is 1. The number of amides is 2. The van der Waals surface area contributed by atoms with Crippen LogP contribution in [0.1, 0.15) is 29.4 Å². The molecule has 7 heteroatoms. The van der Waals surface area contributed by atoms with Crippen molar-refractivity contribution in [3.63, 3.8) is 0 Å². The number of urea groups is 1. The maximum atomic E-state index is 12.3. The number of aromatic nitrogens is 2. The van der Waals surface area contributed by atoms with Crippen LogP contribution in [-0.2, 0) is 7.05 Å². The van der Waals surface area contributed by atoms with Gasteiger partial charge in [-0.1, -0.05) is 30.3 Å². The van der Waals surface area contributed by atoms with Crippen LogP contribution >= 0.6 is 0 Å². The summed E-state index contributed by atoms with van der Waals surface area (Å²) in [6, 6.07) is 13.7. The summed E-state index contributed by atoms with van der Waals surface area (Å²) < 4.78 is 12.5. The molecule has 27 heavy (non-hydrogen) atoms. The summed E-state index contributed by atoms with van der Waals surface area (Å²) in [7, 11) is 3.33. The van der Waals surface area contributed by atoms with Crippen molar-refractivity contribution in [2.45, 2.75) is 19.3 Å². The van der Waals surface area contributed by atoms with Crippen LogP contribution in [0.5, 0.6) is 5.88 Å². The van der Waals surface area contributed by atoms with Crippen molar-refractivity contribution in [3.8, 4) is 5.88 Å². The van der Waals surface area contributed by atoms with Crippen LogP contribution in [0.25, 0.3) is 0 Å². The van der Waals surface area contributed by atoms with E-state index in [9.17, 15) is 4.79 Å². The van der Waals surface area contributed by atoms with E-state index in [1.807, 2.05) is 37.3 Å². The second-order valence-electron chi connectivity index (χ2n) is 6.24. The van der Waals surface area contributed by atoms with Gasteiger partial charge < -0.3 is 19.8 Å². The Balaban J connectivity index is 1.61. The predicted octanol–water partition coefficient (Wildman–Crippen LogP) is 3.67. The van der Waals surface area contributed by atoms with E-state index in [0.29, 0.717) is 24.5 Å². The molecule has 0 saturated carbocycles. The van der Waals surface area contributed by atoms with E-state index in [-0.39, 0.29) is 11.9 Å². The third-order valence-electron chi connectivity index (χ3n) is 4.54. The zero-order chi connectivity index (χ0) is 19.2. The lowest BCUT2D eigenvalue weighted by atomic mass is 9.93. The maximum absolute atomic E-state index is 12.3. The molecule has 7 nitrogen and oxygen atoms in total. The number of rotatable bonds is 7. The first kappa shape index (κ1) is 18.6. The fourth-order valence-electron chi connectivity index (χ4n) is 3.00. The van der Waals surface area contributed by atoms with E-state index in [1.54, 1.807) is 18.0 Å². The Morgan fingerprint density at radius 2 is 2.04 bits per heavy atom. The normalized spacial score (nSPS) is 11.8. The lowest BCUT2D eigenvalue weighted by Gasteiger charge is -2.16. The molecule has 142 valence electrons. The first-order valence-corrected chi connectivity index (χ1v) is 8.81. The third kappa shape index (κ3) is 4.31. The number of nitrogens with zero attached hydrogens (tertiary/aromatic N) is 2. The van der Waals surface area contributed by atoms with Gasteiger partial charge in [-0.25, -0.2) is 4.79 Å². The molecular formula is C20H24N4O3. The molecule has 1 aromatic carbocycles. The lowest BCUT2D eigenvalue weighted by molar-refractivity contribution is 0.251. The summed E-state index contributed by atoms with van der Waals surface area (Å²) in [6.45, 7) is 2.36. The van der Waals surface area contributed by atoms with Gasteiger partial charge in [0.15, 0.2) is 0 Å². The van der Waals surface area contributed by atoms with Gasteiger partial charge in [0.25, 0.3) is 5.88 Å². The minimum atomic E-state index is -0.296. The summed E-state index contributed by atoms with van der Waals surface area (Å²) in [6.07, 6.45) is 2.39. The van der Waals surface area contributed by atoms with Crippen LogP contribution in [0.2, 0.25) is 0 Å². The summed E-state index contributed by atoms with van der Waals surface area (Å²) in [5.41, 5.74) is 2.54. The van der Waals surface area contributed by atoms with Crippen molar-refractivity contribution in [2.75, 3.05) is 19.0 Å². The molecule has 2 heterocycles. The summed E-state index contributed by atoms with van der Waals surface area (Å²) in [5, 5.41) is 9.92. The van der Waals surface area contributed by atoms with Crippen LogP contribution in [-0.4, -0.2) is 29.5 Å². The average molecular weight is 368 g/mol. The molecule has 1 atom stereocenters. The number of hydrogen-bond acceptors (Lipinski definition) is 4. The molecule has 0 bridgehead atoms. The predicted molar refractivity (Wildman–Crippen MR) is 103 cm³/mol. The molecule has 0 saturated heterocycles. The largest absolute Gasteiger partial charge is 0.478 e. The molecule has 0 radical (unpaired) electrons. The monoisotopic (exact) mass is 368 g/mol. The summed E-state index contributed by atoms with van der Waals surface area (Å²) in [5.74, 6) is 1.35. The average Bonchev–Trinajstić information content (AvgIpc) is 3.30. The van der Waals surface area contributed by atoms with E-state index in [2.05, 4.69) is 27.9 Å². The topological polar surface area (TPSA) is 81.3 Å². The second kappa shape index (κ2) is 8.44. The minimum absolute atomic E-state index is 0.0798. The Labute approximate surface area is 158 Å². The van der Waals surface area contributed by atoms with E-state index >= 15 is 0 Å².